The van der Waals surface area contributed by atoms with Crippen LogP contribution in [0.4, 0.5) is 5.13 Å². The molecule has 0 unspecified atom stereocenters. The minimum Gasteiger partial charge on any atom is -0.494 e. The second-order valence-electron chi connectivity index (χ2n) is 6.76. The van der Waals surface area contributed by atoms with Gasteiger partial charge in [0.05, 0.1) is 16.8 Å². The first-order chi connectivity index (χ1) is 14.1. The molecule has 1 aliphatic heterocycles. The zero-order chi connectivity index (χ0) is 20.2. The topological polar surface area (TPSA) is 45.7 Å². The SMILES string of the molecule is CCOc1ccc(/C=C/C(=O)N2CCN(c3nc4ccc(Cl)cc4s3)CC2)cc1. The molecule has 1 amide bonds. The van der Waals surface area contributed by atoms with Crippen LogP contribution in [0.3, 0.4) is 0 Å². The Morgan fingerprint density at radius 3 is 2.66 bits per heavy atom. The predicted molar refractivity (Wildman–Crippen MR) is 120 cm³/mol. The number of anilines is 1. The van der Waals surface area contributed by atoms with Crippen LogP contribution in [0.5, 0.6) is 5.75 Å². The van der Waals surface area contributed by atoms with Crippen molar-refractivity contribution in [2.75, 3.05) is 37.7 Å². The summed E-state index contributed by atoms with van der Waals surface area (Å²) in [6, 6.07) is 13.5. The molecule has 29 heavy (non-hydrogen) atoms. The van der Waals surface area contributed by atoms with Crippen LogP contribution >= 0.6 is 22.9 Å². The molecule has 4 rings (SSSR count). The molecule has 2 aromatic carbocycles. The molecule has 0 bridgehead atoms. The van der Waals surface area contributed by atoms with Gasteiger partial charge < -0.3 is 14.5 Å². The van der Waals surface area contributed by atoms with E-state index in [1.54, 1.807) is 17.4 Å². The van der Waals surface area contributed by atoms with Crippen molar-refractivity contribution in [1.82, 2.24) is 9.88 Å². The third-order valence-corrected chi connectivity index (χ3v) is 6.12. The molecule has 0 N–H and O–H groups in total. The van der Waals surface area contributed by atoms with Gasteiger partial charge in [-0.25, -0.2) is 4.98 Å². The molecule has 5 nitrogen and oxygen atoms in total. The van der Waals surface area contributed by atoms with Crippen LogP contribution in [0.2, 0.25) is 5.02 Å². The van der Waals surface area contributed by atoms with Crippen LogP contribution in [-0.2, 0) is 4.79 Å². The van der Waals surface area contributed by atoms with E-state index in [1.807, 2.05) is 60.4 Å². The lowest BCUT2D eigenvalue weighted by molar-refractivity contribution is -0.126. The highest BCUT2D eigenvalue weighted by molar-refractivity contribution is 7.22. The maximum Gasteiger partial charge on any atom is 0.246 e. The first kappa shape index (κ1) is 19.7. The zero-order valence-corrected chi connectivity index (χ0v) is 17.7. The second-order valence-corrected chi connectivity index (χ2v) is 8.20. The summed E-state index contributed by atoms with van der Waals surface area (Å²) in [4.78, 5) is 21.3. The van der Waals surface area contributed by atoms with E-state index in [2.05, 4.69) is 4.90 Å². The van der Waals surface area contributed by atoms with Crippen molar-refractivity contribution in [2.45, 2.75) is 6.92 Å². The maximum atomic E-state index is 12.5. The Morgan fingerprint density at radius 2 is 1.93 bits per heavy atom. The summed E-state index contributed by atoms with van der Waals surface area (Å²) in [7, 11) is 0. The number of aromatic nitrogens is 1. The van der Waals surface area contributed by atoms with Crippen molar-refractivity contribution >= 4 is 50.3 Å². The number of benzene rings is 2. The molecule has 0 aliphatic carbocycles. The van der Waals surface area contributed by atoms with Crippen LogP contribution in [0, 0.1) is 0 Å². The lowest BCUT2D eigenvalue weighted by atomic mass is 10.2. The molecule has 1 aromatic heterocycles. The van der Waals surface area contributed by atoms with Gasteiger partial charge in [0.15, 0.2) is 5.13 Å². The molecule has 2 heterocycles. The number of piperazine rings is 1. The van der Waals surface area contributed by atoms with E-state index in [4.69, 9.17) is 21.3 Å². The number of thiazole rings is 1. The highest BCUT2D eigenvalue weighted by Crippen LogP contribution is 2.31. The normalized spacial score (nSPS) is 14.7. The Hall–Kier alpha value is -2.57. The first-order valence-corrected chi connectivity index (χ1v) is 10.8. The van der Waals surface area contributed by atoms with Crippen LogP contribution in [-0.4, -0.2) is 48.6 Å². The van der Waals surface area contributed by atoms with Gasteiger partial charge in [-0.3, -0.25) is 4.79 Å². The van der Waals surface area contributed by atoms with Crippen molar-refractivity contribution in [3.8, 4) is 5.75 Å². The van der Waals surface area contributed by atoms with E-state index in [9.17, 15) is 4.79 Å². The summed E-state index contributed by atoms with van der Waals surface area (Å²) in [5.41, 5.74) is 1.94. The van der Waals surface area contributed by atoms with E-state index in [-0.39, 0.29) is 5.91 Å². The fourth-order valence-electron chi connectivity index (χ4n) is 3.25. The molecule has 0 saturated carbocycles. The molecule has 0 spiro atoms. The van der Waals surface area contributed by atoms with Gasteiger partial charge >= 0.3 is 0 Å². The largest absolute Gasteiger partial charge is 0.494 e. The second kappa shape index (κ2) is 8.84. The number of rotatable bonds is 5. The number of halogens is 1. The lowest BCUT2D eigenvalue weighted by Crippen LogP contribution is -2.48. The highest BCUT2D eigenvalue weighted by Gasteiger charge is 2.22. The molecule has 150 valence electrons. The molecule has 1 aliphatic rings. The number of nitrogens with zero attached hydrogens (tertiary/aromatic N) is 3. The van der Waals surface area contributed by atoms with Crippen molar-refractivity contribution in [2.24, 2.45) is 0 Å². The van der Waals surface area contributed by atoms with Crippen LogP contribution in [0.15, 0.2) is 48.5 Å². The molecule has 7 heteroatoms. The van der Waals surface area contributed by atoms with Gasteiger partial charge in [0.2, 0.25) is 5.91 Å². The van der Waals surface area contributed by atoms with Crippen molar-refractivity contribution < 1.29 is 9.53 Å². The summed E-state index contributed by atoms with van der Waals surface area (Å²) < 4.78 is 6.53. The molecular weight excluding hydrogens is 406 g/mol. The highest BCUT2D eigenvalue weighted by atomic mass is 35.5. The Balaban J connectivity index is 1.34. The molecular formula is C22H22ClN3O2S. The minimum absolute atomic E-state index is 0.0367. The fourth-order valence-corrected chi connectivity index (χ4v) is 4.55. The van der Waals surface area contributed by atoms with Crippen molar-refractivity contribution in [1.29, 1.82) is 0 Å². The smallest absolute Gasteiger partial charge is 0.246 e. The van der Waals surface area contributed by atoms with Crippen LogP contribution in [0.1, 0.15) is 12.5 Å². The van der Waals surface area contributed by atoms with Gasteiger partial charge in [0.1, 0.15) is 5.75 Å². The van der Waals surface area contributed by atoms with Gasteiger partial charge in [-0.1, -0.05) is 35.1 Å². The van der Waals surface area contributed by atoms with E-state index in [0.29, 0.717) is 19.7 Å². The molecule has 0 radical (unpaired) electrons. The first-order valence-electron chi connectivity index (χ1n) is 9.63. The van der Waals surface area contributed by atoms with Crippen LogP contribution < -0.4 is 9.64 Å². The van der Waals surface area contributed by atoms with Gasteiger partial charge in [0.25, 0.3) is 0 Å². The molecule has 3 aromatic rings. The molecule has 1 fully saturated rings. The monoisotopic (exact) mass is 427 g/mol. The van der Waals surface area contributed by atoms with E-state index >= 15 is 0 Å². The Kier molecular flexibility index (Phi) is 6.02. The Labute approximate surface area is 179 Å². The average Bonchev–Trinajstić information content (AvgIpc) is 3.16. The van der Waals surface area contributed by atoms with Gasteiger partial charge in [0, 0.05) is 37.3 Å². The summed E-state index contributed by atoms with van der Waals surface area (Å²) in [5.74, 6) is 0.874. The number of carbonyl (C=O) groups is 1. The Morgan fingerprint density at radius 1 is 1.17 bits per heavy atom. The number of hydrogen-bond acceptors (Lipinski definition) is 5. The number of fused-ring (bicyclic) bond motifs is 1. The molecule has 1 saturated heterocycles. The van der Waals surface area contributed by atoms with Crippen molar-refractivity contribution in [3.05, 3.63) is 59.1 Å². The molecule has 0 atom stereocenters. The zero-order valence-electron chi connectivity index (χ0n) is 16.2. The third-order valence-electron chi connectivity index (χ3n) is 4.81. The summed E-state index contributed by atoms with van der Waals surface area (Å²) in [6.45, 7) is 5.52. The third kappa shape index (κ3) is 4.71. The van der Waals surface area contributed by atoms with Crippen molar-refractivity contribution in [3.63, 3.8) is 0 Å². The summed E-state index contributed by atoms with van der Waals surface area (Å²) in [5, 5.41) is 1.71. The number of carbonyl (C=O) groups excluding carboxylic acids is 1. The predicted octanol–water partition coefficient (Wildman–Crippen LogP) is 4.71. The van der Waals surface area contributed by atoms with Crippen LogP contribution in [0.25, 0.3) is 16.3 Å². The quantitative estimate of drug-likeness (QED) is 0.553. The fraction of sp³-hybridized carbons (Fsp3) is 0.273. The maximum absolute atomic E-state index is 12.5. The summed E-state index contributed by atoms with van der Waals surface area (Å²) in [6.07, 6.45) is 3.49. The van der Waals surface area contributed by atoms with E-state index in [1.165, 1.54) is 0 Å². The standard InChI is InChI=1S/C22H22ClN3O2S/c1-2-28-18-7-3-16(4-8-18)5-10-21(27)25-11-13-26(14-12-25)22-24-19-9-6-17(23)15-20(19)29-22/h3-10,15H,2,11-14H2,1H3/b10-5+. The average molecular weight is 428 g/mol. The van der Waals surface area contributed by atoms with Gasteiger partial charge in [-0.2, -0.15) is 0 Å². The lowest BCUT2D eigenvalue weighted by Gasteiger charge is -2.34. The minimum atomic E-state index is 0.0367. The number of ether oxygens (including phenoxy) is 1. The van der Waals surface area contributed by atoms with Gasteiger partial charge in [-0.05, 0) is 48.9 Å². The van der Waals surface area contributed by atoms with E-state index < -0.39 is 0 Å². The summed E-state index contributed by atoms with van der Waals surface area (Å²) >= 11 is 7.71. The van der Waals surface area contributed by atoms with E-state index in [0.717, 1.165) is 44.8 Å². The number of hydrogen-bond donors (Lipinski definition) is 0. The Bertz CT molecular complexity index is 1020. The van der Waals surface area contributed by atoms with Gasteiger partial charge in [-0.15, -0.1) is 0 Å². The number of amides is 1.